The lowest BCUT2D eigenvalue weighted by atomic mass is 9.96. The first-order chi connectivity index (χ1) is 17.3. The highest BCUT2D eigenvalue weighted by Crippen LogP contribution is 2.35. The Morgan fingerprint density at radius 3 is 2.64 bits per heavy atom. The van der Waals surface area contributed by atoms with Gasteiger partial charge in [-0.15, -0.1) is 0 Å². The van der Waals surface area contributed by atoms with Crippen molar-refractivity contribution in [1.82, 2.24) is 0 Å². The molecule has 0 fully saturated rings. The Labute approximate surface area is 206 Å². The molecule has 9 nitrogen and oxygen atoms in total. The van der Waals surface area contributed by atoms with E-state index in [1.54, 1.807) is 49.4 Å². The van der Waals surface area contributed by atoms with Gasteiger partial charge in [0.2, 0.25) is 12.7 Å². The number of anilines is 3. The number of phenols is 1. The zero-order chi connectivity index (χ0) is 25.7. The maximum absolute atomic E-state index is 14.1. The Balaban J connectivity index is 1.49. The summed E-state index contributed by atoms with van der Waals surface area (Å²) in [5.74, 6) is -1.38. The molecule has 36 heavy (non-hydrogen) atoms. The van der Waals surface area contributed by atoms with Crippen LogP contribution in [0.4, 0.5) is 26.2 Å². The van der Waals surface area contributed by atoms with Crippen molar-refractivity contribution in [2.24, 2.45) is 5.92 Å². The molecule has 0 unspecified atom stereocenters. The summed E-state index contributed by atoms with van der Waals surface area (Å²) in [6.07, 6.45) is 1.01. The highest BCUT2D eigenvalue weighted by molar-refractivity contribution is 6.01. The molecular weight excluding hydrogens is 469 g/mol. The second-order valence-corrected chi connectivity index (χ2v) is 8.02. The number of carbonyl (C=O) groups excluding carboxylic acids is 2. The van der Waals surface area contributed by atoms with E-state index in [-0.39, 0.29) is 12.4 Å². The number of nitrogens with one attached hydrogen (secondary N) is 2. The molecule has 1 aliphatic heterocycles. The van der Waals surface area contributed by atoms with E-state index in [4.69, 9.17) is 19.9 Å². The molecule has 0 aromatic heterocycles. The van der Waals surface area contributed by atoms with Gasteiger partial charge in [-0.3, -0.25) is 10.1 Å². The minimum Gasteiger partial charge on any atom is -0.505 e. The van der Waals surface area contributed by atoms with Crippen LogP contribution in [0.1, 0.15) is 18.6 Å². The topological polar surface area (TPSA) is 132 Å². The lowest BCUT2D eigenvalue weighted by molar-refractivity contribution is -0.111. The van der Waals surface area contributed by atoms with Gasteiger partial charge in [0.15, 0.2) is 23.1 Å². The van der Waals surface area contributed by atoms with Gasteiger partial charge in [-0.05, 0) is 48.0 Å². The van der Waals surface area contributed by atoms with Crippen molar-refractivity contribution in [3.8, 4) is 17.2 Å². The van der Waals surface area contributed by atoms with Gasteiger partial charge in [0, 0.05) is 17.7 Å². The normalized spacial score (nSPS) is 13.7. The van der Waals surface area contributed by atoms with Crippen LogP contribution in [0.3, 0.4) is 0 Å². The minimum atomic E-state index is -0.986. The number of amides is 2. The van der Waals surface area contributed by atoms with Gasteiger partial charge in [0.05, 0.1) is 11.4 Å². The quantitative estimate of drug-likeness (QED) is 0.270. The van der Waals surface area contributed by atoms with Crippen LogP contribution in [0, 0.1) is 11.7 Å². The molecule has 3 aromatic carbocycles. The molecule has 1 heterocycles. The number of hydrogen-bond acceptors (Lipinski definition) is 7. The van der Waals surface area contributed by atoms with Crippen LogP contribution in [-0.2, 0) is 9.53 Å². The summed E-state index contributed by atoms with van der Waals surface area (Å²) in [5.41, 5.74) is 7.41. The summed E-state index contributed by atoms with van der Waals surface area (Å²) in [6.45, 7) is 1.79. The van der Waals surface area contributed by atoms with Crippen molar-refractivity contribution in [3.63, 3.8) is 0 Å². The molecule has 2 atom stereocenters. The van der Waals surface area contributed by atoms with E-state index in [0.717, 1.165) is 12.1 Å². The highest BCUT2D eigenvalue weighted by Gasteiger charge is 2.24. The Morgan fingerprint density at radius 1 is 1.08 bits per heavy atom. The average Bonchev–Trinajstić information content (AvgIpc) is 3.32. The molecule has 10 heteroatoms. The van der Waals surface area contributed by atoms with E-state index < -0.39 is 35.6 Å². The number of benzene rings is 3. The summed E-state index contributed by atoms with van der Waals surface area (Å²) >= 11 is 0. The monoisotopic (exact) mass is 493 g/mol. The molecule has 3 aromatic rings. The number of para-hydroxylation sites is 2. The minimum absolute atomic E-state index is 0.0893. The highest BCUT2D eigenvalue weighted by atomic mass is 19.1. The van der Waals surface area contributed by atoms with Crippen molar-refractivity contribution in [2.45, 2.75) is 13.0 Å². The number of rotatable bonds is 7. The number of nitrogens with two attached hydrogens (primary N) is 1. The summed E-state index contributed by atoms with van der Waals surface area (Å²) in [5, 5.41) is 14.8. The number of aromatic hydroxyl groups is 1. The van der Waals surface area contributed by atoms with Gasteiger partial charge >= 0.3 is 6.09 Å². The van der Waals surface area contributed by atoms with Crippen molar-refractivity contribution < 1.29 is 33.3 Å². The Kier molecular flexibility index (Phi) is 7.24. The van der Waals surface area contributed by atoms with E-state index in [2.05, 4.69) is 10.6 Å². The lowest BCUT2D eigenvalue weighted by Gasteiger charge is -2.23. The summed E-state index contributed by atoms with van der Waals surface area (Å²) in [4.78, 5) is 25.1. The average molecular weight is 493 g/mol. The van der Waals surface area contributed by atoms with E-state index in [1.807, 2.05) is 0 Å². The molecule has 4 rings (SSSR count). The summed E-state index contributed by atoms with van der Waals surface area (Å²) < 4.78 is 30.3. The number of nitrogen functional groups attached to an aromatic ring is 1. The van der Waals surface area contributed by atoms with Crippen molar-refractivity contribution in [1.29, 1.82) is 0 Å². The van der Waals surface area contributed by atoms with Gasteiger partial charge in [-0.25, -0.2) is 9.18 Å². The van der Waals surface area contributed by atoms with Gasteiger partial charge in [-0.2, -0.15) is 0 Å². The van der Waals surface area contributed by atoms with Crippen LogP contribution < -0.4 is 25.8 Å². The Bertz CT molecular complexity index is 1310. The molecule has 0 spiro atoms. The van der Waals surface area contributed by atoms with E-state index in [0.29, 0.717) is 28.6 Å². The third kappa shape index (κ3) is 5.84. The second kappa shape index (κ2) is 10.7. The fraction of sp³-hybridized carbons (Fsp3) is 0.154. The van der Waals surface area contributed by atoms with E-state index in [1.165, 1.54) is 18.2 Å². The third-order valence-electron chi connectivity index (χ3n) is 5.40. The number of hydrogen-bond donors (Lipinski definition) is 4. The molecule has 1 aliphatic rings. The summed E-state index contributed by atoms with van der Waals surface area (Å²) in [6, 6.07) is 15.3. The molecule has 0 radical (unpaired) electrons. The third-order valence-corrected chi connectivity index (χ3v) is 5.40. The Morgan fingerprint density at radius 2 is 1.86 bits per heavy atom. The van der Waals surface area contributed by atoms with Gasteiger partial charge in [-0.1, -0.05) is 31.2 Å². The van der Waals surface area contributed by atoms with Crippen LogP contribution in [0.5, 0.6) is 17.2 Å². The molecule has 5 N–H and O–H groups in total. The van der Waals surface area contributed by atoms with E-state index >= 15 is 0 Å². The lowest BCUT2D eigenvalue weighted by Crippen LogP contribution is -2.21. The maximum Gasteiger partial charge on any atom is 0.412 e. The number of ether oxygens (including phenoxy) is 3. The number of carbonyl (C=O) groups is 2. The van der Waals surface area contributed by atoms with Crippen LogP contribution >= 0.6 is 0 Å². The number of phenolic OH excluding ortho intramolecular Hbond substituents is 1. The molecule has 2 amide bonds. The first kappa shape index (κ1) is 24.4. The van der Waals surface area contributed by atoms with Crippen LogP contribution in [0.15, 0.2) is 72.8 Å². The molecular formula is C26H24FN3O6. The molecule has 0 aliphatic carbocycles. The predicted octanol–water partition coefficient (Wildman–Crippen LogP) is 4.96. The Hall–Kier alpha value is -4.73. The van der Waals surface area contributed by atoms with Crippen LogP contribution in [-0.4, -0.2) is 23.9 Å². The molecule has 0 bridgehead atoms. The molecule has 0 saturated heterocycles. The zero-order valence-electron chi connectivity index (χ0n) is 19.2. The fourth-order valence-electron chi connectivity index (χ4n) is 3.54. The predicted molar refractivity (Wildman–Crippen MR) is 131 cm³/mol. The molecule has 0 saturated carbocycles. The van der Waals surface area contributed by atoms with Gasteiger partial charge in [0.25, 0.3) is 0 Å². The first-order valence-electron chi connectivity index (χ1n) is 11.0. The number of halogens is 1. The smallest absolute Gasteiger partial charge is 0.412 e. The van der Waals surface area contributed by atoms with Gasteiger partial charge in [0.1, 0.15) is 6.10 Å². The van der Waals surface area contributed by atoms with Crippen molar-refractivity contribution in [2.75, 3.05) is 23.2 Å². The SMILES string of the molecule is C[C@H](/C=C/C(=O)Nc1ccccc1N)[C@H](OC(=O)Nc1ccc2c(c1)OCO2)c1ccc(O)c(F)c1. The number of fused-ring (bicyclic) bond motifs is 1. The second-order valence-electron chi connectivity index (χ2n) is 8.02. The maximum atomic E-state index is 14.1. The first-order valence-corrected chi connectivity index (χ1v) is 11.0. The largest absolute Gasteiger partial charge is 0.505 e. The van der Waals surface area contributed by atoms with Crippen LogP contribution in [0.2, 0.25) is 0 Å². The standard InChI is InChI=1S/C26H24FN3O6/c1-15(6-11-24(32)30-20-5-3-2-4-19(20)28)25(16-7-9-21(31)18(27)12-16)36-26(33)29-17-8-10-22-23(13-17)35-14-34-22/h2-13,15,25,31H,14,28H2,1H3,(H,29,33)(H,30,32)/b11-6+/t15-,25+/m1/s1. The molecule has 186 valence electrons. The van der Waals surface area contributed by atoms with Crippen molar-refractivity contribution >= 4 is 29.1 Å². The van der Waals surface area contributed by atoms with E-state index in [9.17, 15) is 19.1 Å². The fourth-order valence-corrected chi connectivity index (χ4v) is 3.54. The summed E-state index contributed by atoms with van der Waals surface area (Å²) in [7, 11) is 0. The van der Waals surface area contributed by atoms with Gasteiger partial charge < -0.3 is 30.4 Å². The van der Waals surface area contributed by atoms with Crippen molar-refractivity contribution in [3.05, 3.63) is 84.2 Å². The zero-order valence-corrected chi connectivity index (χ0v) is 19.2. The van der Waals surface area contributed by atoms with Crippen LogP contribution in [0.25, 0.3) is 0 Å².